The molecular formula is C6H11NS. The van der Waals surface area contributed by atoms with Crippen LogP contribution >= 0.6 is 11.8 Å². The van der Waals surface area contributed by atoms with Gasteiger partial charge in [0.25, 0.3) is 0 Å². The maximum absolute atomic E-state index is 5.93. The van der Waals surface area contributed by atoms with Crippen LogP contribution in [0.4, 0.5) is 0 Å². The average molecular weight is 129 g/mol. The van der Waals surface area contributed by atoms with Gasteiger partial charge < -0.3 is 5.73 Å². The van der Waals surface area contributed by atoms with Gasteiger partial charge in [0.15, 0.2) is 0 Å². The molecule has 0 aromatic carbocycles. The summed E-state index contributed by atoms with van der Waals surface area (Å²) in [5.74, 6) is 1.35. The van der Waals surface area contributed by atoms with Crippen molar-refractivity contribution in [3.05, 3.63) is 0 Å². The van der Waals surface area contributed by atoms with E-state index in [0.29, 0.717) is 5.54 Å². The molecule has 2 rings (SSSR count). The van der Waals surface area contributed by atoms with Gasteiger partial charge in [-0.25, -0.2) is 0 Å². The second kappa shape index (κ2) is 1.42. The van der Waals surface area contributed by atoms with Gasteiger partial charge in [-0.2, -0.15) is 11.8 Å². The van der Waals surface area contributed by atoms with E-state index in [-0.39, 0.29) is 0 Å². The molecule has 2 heteroatoms. The zero-order valence-electron chi connectivity index (χ0n) is 4.89. The average Bonchev–Trinajstić information content (AvgIpc) is 2.12. The normalized spacial score (nSPS) is 40.9. The minimum atomic E-state index is 0.308. The predicted molar refractivity (Wildman–Crippen MR) is 37.0 cm³/mol. The number of thioether (sulfide) groups is 1. The van der Waals surface area contributed by atoms with Gasteiger partial charge in [0.2, 0.25) is 0 Å². The molecular weight excluding hydrogens is 118 g/mol. The van der Waals surface area contributed by atoms with E-state index in [4.69, 9.17) is 5.73 Å². The Bertz CT molecular complexity index is 105. The van der Waals surface area contributed by atoms with Crippen molar-refractivity contribution < 1.29 is 0 Å². The SMILES string of the molecule is NC1(C2CCS2)CC1. The number of hydrogen-bond donors (Lipinski definition) is 1. The van der Waals surface area contributed by atoms with E-state index in [9.17, 15) is 0 Å². The van der Waals surface area contributed by atoms with Gasteiger partial charge >= 0.3 is 0 Å². The highest BCUT2D eigenvalue weighted by Gasteiger charge is 2.48. The summed E-state index contributed by atoms with van der Waals surface area (Å²) in [6.45, 7) is 0. The zero-order valence-corrected chi connectivity index (χ0v) is 5.71. The van der Waals surface area contributed by atoms with E-state index in [0.717, 1.165) is 5.25 Å². The van der Waals surface area contributed by atoms with Gasteiger partial charge in [-0.05, 0) is 25.0 Å². The molecule has 1 nitrogen and oxygen atoms in total. The van der Waals surface area contributed by atoms with Crippen LogP contribution in [0.2, 0.25) is 0 Å². The minimum absolute atomic E-state index is 0.308. The zero-order chi connectivity index (χ0) is 5.61. The first-order chi connectivity index (χ1) is 3.81. The molecule has 1 saturated carbocycles. The molecule has 1 unspecified atom stereocenters. The fourth-order valence-corrected chi connectivity index (χ4v) is 2.19. The Morgan fingerprint density at radius 1 is 1.50 bits per heavy atom. The topological polar surface area (TPSA) is 26.0 Å². The monoisotopic (exact) mass is 129 g/mol. The van der Waals surface area contributed by atoms with E-state index < -0.39 is 0 Å². The third-order valence-corrected chi connectivity index (χ3v) is 3.75. The molecule has 1 aliphatic carbocycles. The lowest BCUT2D eigenvalue weighted by Crippen LogP contribution is -2.39. The van der Waals surface area contributed by atoms with Crippen molar-refractivity contribution in [3.63, 3.8) is 0 Å². The van der Waals surface area contributed by atoms with Crippen LogP contribution in [0.15, 0.2) is 0 Å². The Morgan fingerprint density at radius 2 is 2.12 bits per heavy atom. The van der Waals surface area contributed by atoms with E-state index >= 15 is 0 Å². The molecule has 2 aliphatic rings. The number of hydrogen-bond acceptors (Lipinski definition) is 2. The number of nitrogens with two attached hydrogens (primary N) is 1. The van der Waals surface area contributed by atoms with Gasteiger partial charge in [0.1, 0.15) is 0 Å². The van der Waals surface area contributed by atoms with E-state index in [1.54, 1.807) is 0 Å². The van der Waals surface area contributed by atoms with E-state index in [2.05, 4.69) is 0 Å². The lowest BCUT2D eigenvalue weighted by atomic mass is 10.1. The van der Waals surface area contributed by atoms with Crippen molar-refractivity contribution >= 4 is 11.8 Å². The van der Waals surface area contributed by atoms with Crippen LogP contribution in [0.5, 0.6) is 0 Å². The molecule has 1 aliphatic heterocycles. The van der Waals surface area contributed by atoms with Crippen LogP contribution in [0.25, 0.3) is 0 Å². The Labute approximate surface area is 54.0 Å². The highest BCUT2D eigenvalue weighted by atomic mass is 32.2. The summed E-state index contributed by atoms with van der Waals surface area (Å²) in [7, 11) is 0. The highest BCUT2D eigenvalue weighted by Crippen LogP contribution is 2.47. The smallest absolute Gasteiger partial charge is 0.0276 e. The van der Waals surface area contributed by atoms with Crippen molar-refractivity contribution in [2.75, 3.05) is 5.75 Å². The first-order valence-corrected chi connectivity index (χ1v) is 4.27. The molecule has 0 aromatic rings. The van der Waals surface area contributed by atoms with Gasteiger partial charge in [-0.3, -0.25) is 0 Å². The standard InChI is InChI=1S/C6H11NS/c7-6(2-3-6)5-1-4-8-5/h5H,1-4,7H2. The fraction of sp³-hybridized carbons (Fsp3) is 1.00. The van der Waals surface area contributed by atoms with Crippen molar-refractivity contribution in [2.45, 2.75) is 30.1 Å². The van der Waals surface area contributed by atoms with Crippen molar-refractivity contribution in [1.29, 1.82) is 0 Å². The van der Waals surface area contributed by atoms with Crippen molar-refractivity contribution in [1.82, 2.24) is 0 Å². The first-order valence-electron chi connectivity index (χ1n) is 3.22. The molecule has 2 fully saturated rings. The Hall–Kier alpha value is 0.310. The molecule has 0 aromatic heterocycles. The first kappa shape index (κ1) is 5.12. The van der Waals surface area contributed by atoms with Crippen molar-refractivity contribution in [2.24, 2.45) is 5.73 Å². The van der Waals surface area contributed by atoms with Crippen LogP contribution in [0.1, 0.15) is 19.3 Å². The number of rotatable bonds is 1. The summed E-state index contributed by atoms with van der Waals surface area (Å²) in [5, 5.41) is 0.836. The lowest BCUT2D eigenvalue weighted by Gasteiger charge is -2.30. The summed E-state index contributed by atoms with van der Waals surface area (Å²) >= 11 is 2.05. The Balaban J connectivity index is 1.95. The molecule has 8 heavy (non-hydrogen) atoms. The summed E-state index contributed by atoms with van der Waals surface area (Å²) in [6.07, 6.45) is 3.94. The van der Waals surface area contributed by atoms with Crippen LogP contribution in [0.3, 0.4) is 0 Å². The van der Waals surface area contributed by atoms with Crippen LogP contribution in [0, 0.1) is 0 Å². The van der Waals surface area contributed by atoms with Crippen LogP contribution in [-0.2, 0) is 0 Å². The summed E-state index contributed by atoms with van der Waals surface area (Å²) in [6, 6.07) is 0. The Morgan fingerprint density at radius 3 is 2.25 bits per heavy atom. The molecule has 1 heterocycles. The molecule has 0 spiro atoms. The molecule has 1 saturated heterocycles. The van der Waals surface area contributed by atoms with E-state index in [1.165, 1.54) is 25.0 Å². The molecule has 46 valence electrons. The summed E-state index contributed by atoms with van der Waals surface area (Å²) in [4.78, 5) is 0. The lowest BCUT2D eigenvalue weighted by molar-refractivity contribution is 0.594. The molecule has 2 N–H and O–H groups in total. The summed E-state index contributed by atoms with van der Waals surface area (Å²) < 4.78 is 0. The third-order valence-electron chi connectivity index (χ3n) is 2.17. The predicted octanol–water partition coefficient (Wildman–Crippen LogP) is 0.983. The van der Waals surface area contributed by atoms with E-state index in [1.807, 2.05) is 11.8 Å². The maximum Gasteiger partial charge on any atom is 0.0276 e. The van der Waals surface area contributed by atoms with Crippen molar-refractivity contribution in [3.8, 4) is 0 Å². The van der Waals surface area contributed by atoms with Crippen LogP contribution < -0.4 is 5.73 Å². The van der Waals surface area contributed by atoms with Gasteiger partial charge in [0.05, 0.1) is 0 Å². The molecule has 1 atom stereocenters. The quantitative estimate of drug-likeness (QED) is 0.571. The highest BCUT2D eigenvalue weighted by molar-refractivity contribution is 8.01. The van der Waals surface area contributed by atoms with Gasteiger partial charge in [-0.15, -0.1) is 0 Å². The van der Waals surface area contributed by atoms with Crippen LogP contribution in [-0.4, -0.2) is 16.5 Å². The van der Waals surface area contributed by atoms with Gasteiger partial charge in [0, 0.05) is 10.8 Å². The molecule has 0 amide bonds. The Kier molecular flexibility index (Phi) is 0.910. The minimum Gasteiger partial charge on any atom is -0.324 e. The largest absolute Gasteiger partial charge is 0.324 e. The van der Waals surface area contributed by atoms with Gasteiger partial charge in [-0.1, -0.05) is 0 Å². The summed E-state index contributed by atoms with van der Waals surface area (Å²) in [5.41, 5.74) is 6.24. The second-order valence-corrected chi connectivity index (χ2v) is 4.19. The maximum atomic E-state index is 5.93. The second-order valence-electron chi connectivity index (χ2n) is 2.88. The fourth-order valence-electron chi connectivity index (χ4n) is 1.16. The third kappa shape index (κ3) is 0.594. The molecule has 0 radical (unpaired) electrons. The molecule has 0 bridgehead atoms.